The summed E-state index contributed by atoms with van der Waals surface area (Å²) in [5.41, 5.74) is 0. The lowest BCUT2D eigenvalue weighted by Crippen LogP contribution is -2.42. The Morgan fingerprint density at radius 1 is 1.21 bits per heavy atom. The summed E-state index contributed by atoms with van der Waals surface area (Å²) in [6, 6.07) is 0. The van der Waals surface area contributed by atoms with Gasteiger partial charge in [0.15, 0.2) is 6.29 Å². The molecule has 1 aliphatic rings. The van der Waals surface area contributed by atoms with Crippen LogP contribution in [0.25, 0.3) is 0 Å². The van der Waals surface area contributed by atoms with E-state index in [1.165, 1.54) is 0 Å². The van der Waals surface area contributed by atoms with Gasteiger partial charge in [-0.15, -0.1) is 0 Å². The number of likely N-dealkylation sites (tertiary alicyclic amines) is 1. The van der Waals surface area contributed by atoms with Crippen LogP contribution in [0.15, 0.2) is 0 Å². The number of piperidine rings is 1. The summed E-state index contributed by atoms with van der Waals surface area (Å²) in [6.07, 6.45) is -2.90. The van der Waals surface area contributed by atoms with E-state index in [2.05, 4.69) is 0 Å². The number of rotatable bonds is 7. The minimum Gasteiger partial charge on any atom is -0.353 e. The molecule has 1 rings (SSSR count). The quantitative estimate of drug-likeness (QED) is 0.670. The molecule has 0 radical (unpaired) electrons. The molecule has 1 fully saturated rings. The number of hydrogen-bond donors (Lipinski definition) is 0. The molecule has 1 aliphatic heterocycles. The van der Waals surface area contributed by atoms with Crippen LogP contribution in [0.5, 0.6) is 0 Å². The summed E-state index contributed by atoms with van der Waals surface area (Å²) < 4.78 is 48.8. The molecule has 0 aliphatic carbocycles. The van der Waals surface area contributed by atoms with E-state index in [0.29, 0.717) is 32.6 Å². The van der Waals surface area contributed by atoms with Crippen molar-refractivity contribution in [2.45, 2.75) is 45.6 Å². The monoisotopic (exact) mass is 283 g/mol. The molecule has 0 aromatic heterocycles. The van der Waals surface area contributed by atoms with Crippen LogP contribution in [0.1, 0.15) is 33.1 Å². The van der Waals surface area contributed by atoms with Gasteiger partial charge in [-0.2, -0.15) is 13.2 Å². The molecule has 1 atom stereocenters. The molecule has 0 amide bonds. The van der Waals surface area contributed by atoms with Gasteiger partial charge in [-0.25, -0.2) is 0 Å². The summed E-state index contributed by atoms with van der Waals surface area (Å²) in [5.74, 6) is -1.18. The molecular weight excluding hydrogens is 259 g/mol. The molecule has 0 aromatic carbocycles. The summed E-state index contributed by atoms with van der Waals surface area (Å²) in [7, 11) is 0. The van der Waals surface area contributed by atoms with Crippen LogP contribution in [0.4, 0.5) is 13.2 Å². The standard InChI is InChI=1S/C13H24F3NO2/c1-3-18-12(19-4-2)7-9-17-8-5-6-11(10-17)13(14,15)16/h11-12H,3-10H2,1-2H3. The zero-order valence-electron chi connectivity index (χ0n) is 11.7. The van der Waals surface area contributed by atoms with E-state index in [0.717, 1.165) is 6.54 Å². The molecule has 0 spiro atoms. The molecule has 19 heavy (non-hydrogen) atoms. The number of nitrogens with zero attached hydrogens (tertiary/aromatic N) is 1. The smallest absolute Gasteiger partial charge is 0.353 e. The fourth-order valence-corrected chi connectivity index (χ4v) is 2.40. The minimum atomic E-state index is -4.07. The summed E-state index contributed by atoms with van der Waals surface area (Å²) in [5, 5.41) is 0. The Balaban J connectivity index is 2.35. The third-order valence-electron chi connectivity index (χ3n) is 3.35. The Kier molecular flexibility index (Phi) is 7.10. The molecule has 1 heterocycles. The summed E-state index contributed by atoms with van der Waals surface area (Å²) in [4.78, 5) is 1.87. The van der Waals surface area contributed by atoms with Crippen LogP contribution in [0, 0.1) is 5.92 Å². The first kappa shape index (κ1) is 16.7. The van der Waals surface area contributed by atoms with Crippen LogP contribution in [-0.2, 0) is 9.47 Å². The topological polar surface area (TPSA) is 21.7 Å². The first-order valence-corrected chi connectivity index (χ1v) is 6.99. The van der Waals surface area contributed by atoms with Crippen molar-refractivity contribution in [3.8, 4) is 0 Å². The maximum atomic E-state index is 12.7. The highest BCUT2D eigenvalue weighted by atomic mass is 19.4. The van der Waals surface area contributed by atoms with Crippen molar-refractivity contribution in [2.24, 2.45) is 5.92 Å². The number of hydrogen-bond acceptors (Lipinski definition) is 3. The van der Waals surface area contributed by atoms with E-state index in [-0.39, 0.29) is 19.3 Å². The average Bonchev–Trinajstić information content (AvgIpc) is 2.36. The van der Waals surface area contributed by atoms with Crippen molar-refractivity contribution in [1.29, 1.82) is 0 Å². The van der Waals surface area contributed by atoms with Gasteiger partial charge in [0.1, 0.15) is 0 Å². The van der Waals surface area contributed by atoms with E-state index in [4.69, 9.17) is 9.47 Å². The summed E-state index contributed by atoms with van der Waals surface area (Å²) >= 11 is 0. The Hall–Kier alpha value is -0.330. The van der Waals surface area contributed by atoms with Crippen LogP contribution in [0.3, 0.4) is 0 Å². The Morgan fingerprint density at radius 3 is 2.37 bits per heavy atom. The van der Waals surface area contributed by atoms with Crippen LogP contribution >= 0.6 is 0 Å². The minimum absolute atomic E-state index is 0.106. The second-order valence-corrected chi connectivity index (χ2v) is 4.81. The van der Waals surface area contributed by atoms with E-state index < -0.39 is 12.1 Å². The maximum absolute atomic E-state index is 12.7. The summed E-state index contributed by atoms with van der Waals surface area (Å²) in [6.45, 7) is 6.30. The third-order valence-corrected chi connectivity index (χ3v) is 3.35. The lowest BCUT2D eigenvalue weighted by Gasteiger charge is -2.34. The number of halogens is 3. The van der Waals surface area contributed by atoms with Crippen molar-refractivity contribution in [2.75, 3.05) is 32.8 Å². The molecule has 114 valence electrons. The van der Waals surface area contributed by atoms with Gasteiger partial charge in [0, 0.05) is 32.7 Å². The fourth-order valence-electron chi connectivity index (χ4n) is 2.40. The predicted molar refractivity (Wildman–Crippen MR) is 66.9 cm³/mol. The second-order valence-electron chi connectivity index (χ2n) is 4.81. The van der Waals surface area contributed by atoms with Crippen LogP contribution in [-0.4, -0.2) is 50.2 Å². The number of alkyl halides is 3. The first-order chi connectivity index (χ1) is 8.97. The zero-order valence-corrected chi connectivity index (χ0v) is 11.7. The van der Waals surface area contributed by atoms with Crippen molar-refractivity contribution in [3.05, 3.63) is 0 Å². The fraction of sp³-hybridized carbons (Fsp3) is 1.00. The molecule has 1 unspecified atom stereocenters. The molecule has 3 nitrogen and oxygen atoms in total. The lowest BCUT2D eigenvalue weighted by atomic mass is 9.97. The highest BCUT2D eigenvalue weighted by Gasteiger charge is 2.41. The van der Waals surface area contributed by atoms with Crippen LogP contribution < -0.4 is 0 Å². The molecule has 0 aromatic rings. The zero-order chi connectivity index (χ0) is 14.3. The van der Waals surface area contributed by atoms with Gasteiger partial charge in [0.2, 0.25) is 0 Å². The van der Waals surface area contributed by atoms with Gasteiger partial charge in [-0.3, -0.25) is 0 Å². The Morgan fingerprint density at radius 2 is 1.84 bits per heavy atom. The van der Waals surface area contributed by atoms with Gasteiger partial charge >= 0.3 is 6.18 Å². The molecule has 6 heteroatoms. The van der Waals surface area contributed by atoms with E-state index in [1.54, 1.807) is 0 Å². The highest BCUT2D eigenvalue weighted by molar-refractivity contribution is 4.78. The van der Waals surface area contributed by atoms with Crippen molar-refractivity contribution >= 4 is 0 Å². The molecule has 0 N–H and O–H groups in total. The first-order valence-electron chi connectivity index (χ1n) is 6.99. The normalized spacial score (nSPS) is 22.1. The maximum Gasteiger partial charge on any atom is 0.393 e. The van der Waals surface area contributed by atoms with Crippen LogP contribution in [0.2, 0.25) is 0 Å². The third kappa shape index (κ3) is 6.10. The van der Waals surface area contributed by atoms with E-state index >= 15 is 0 Å². The van der Waals surface area contributed by atoms with E-state index in [1.807, 2.05) is 18.7 Å². The molecular formula is C13H24F3NO2. The van der Waals surface area contributed by atoms with Gasteiger partial charge < -0.3 is 14.4 Å². The SMILES string of the molecule is CCOC(CCN1CCCC(C(F)(F)F)C1)OCC. The van der Waals surface area contributed by atoms with Gasteiger partial charge in [-0.1, -0.05) is 0 Å². The molecule has 1 saturated heterocycles. The van der Waals surface area contributed by atoms with Crippen molar-refractivity contribution in [1.82, 2.24) is 4.90 Å². The van der Waals surface area contributed by atoms with E-state index in [9.17, 15) is 13.2 Å². The Bertz CT molecular complexity index is 243. The highest BCUT2D eigenvalue weighted by Crippen LogP contribution is 2.33. The second kappa shape index (κ2) is 8.07. The van der Waals surface area contributed by atoms with Gasteiger partial charge in [0.25, 0.3) is 0 Å². The molecule has 0 bridgehead atoms. The molecule has 0 saturated carbocycles. The predicted octanol–water partition coefficient (Wildman–Crippen LogP) is 3.05. The Labute approximate surface area is 113 Å². The average molecular weight is 283 g/mol. The lowest BCUT2D eigenvalue weighted by molar-refractivity contribution is -0.188. The van der Waals surface area contributed by atoms with Crippen molar-refractivity contribution < 1.29 is 22.6 Å². The largest absolute Gasteiger partial charge is 0.393 e. The van der Waals surface area contributed by atoms with Gasteiger partial charge in [0.05, 0.1) is 5.92 Å². The van der Waals surface area contributed by atoms with Crippen molar-refractivity contribution in [3.63, 3.8) is 0 Å². The number of ether oxygens (including phenoxy) is 2. The van der Waals surface area contributed by atoms with Gasteiger partial charge in [-0.05, 0) is 33.2 Å².